The van der Waals surface area contributed by atoms with Crippen molar-refractivity contribution in [2.75, 3.05) is 0 Å². The molecule has 2 aromatic carbocycles. The van der Waals surface area contributed by atoms with Crippen LogP contribution in [0.25, 0.3) is 0 Å². The Morgan fingerprint density at radius 2 is 1.91 bits per heavy atom. The van der Waals surface area contributed by atoms with E-state index < -0.39 is 25.9 Å². The number of amides is 1. The van der Waals surface area contributed by atoms with Gasteiger partial charge in [0.2, 0.25) is 0 Å². The third-order valence-electron chi connectivity index (χ3n) is 6.18. The summed E-state index contributed by atoms with van der Waals surface area (Å²) in [4.78, 5) is 42.5. The number of esters is 1. The quantitative estimate of drug-likeness (QED) is 0.169. The van der Waals surface area contributed by atoms with Gasteiger partial charge in [0, 0.05) is 0 Å². The van der Waals surface area contributed by atoms with E-state index in [1.54, 1.807) is 41.0 Å². The number of hydrogen-bond donors (Lipinski definition) is 0. The standard InChI is InChI=1S/C22H20N3O5S.Li/c1-22(2)18(21(27)30-13-15-6-4-3-5-7-15)24-19(26)17(20(24)31-22)23-12-14-8-10-16(11-9-14)25(28)29;/h3-12,17,20H,13H2,1-2H3;/t17-,20+;/m0./s1. The molecule has 0 unspecified atom stereocenters. The third kappa shape index (κ3) is 3.75. The van der Waals surface area contributed by atoms with Crippen molar-refractivity contribution >= 4 is 53.3 Å². The molecule has 160 valence electrons. The summed E-state index contributed by atoms with van der Waals surface area (Å²) in [6.45, 7) is 4.01. The number of nitro benzene ring substituents is 1. The average molecular weight is 445 g/mol. The molecule has 2 fully saturated rings. The monoisotopic (exact) mass is 445 g/mol. The second-order valence-electron chi connectivity index (χ2n) is 8.43. The van der Waals surface area contributed by atoms with Crippen molar-refractivity contribution in [1.82, 2.24) is 4.90 Å². The van der Waals surface area contributed by atoms with Gasteiger partial charge in [-0.15, -0.1) is 0 Å². The first-order valence-corrected chi connectivity index (χ1v) is 11.0. The Morgan fingerprint density at radius 3 is 2.53 bits per heavy atom. The summed E-state index contributed by atoms with van der Waals surface area (Å²) in [5.74, 6) is -0.669. The number of rotatable bonds is 6. The summed E-state index contributed by atoms with van der Waals surface area (Å²) in [7, 11) is 0. The second-order valence-corrected chi connectivity index (χ2v) is 10.2. The number of fused-ring (bicyclic) bond motifs is 1. The summed E-state index contributed by atoms with van der Waals surface area (Å²) in [5.41, 5.74) is 1.53. The summed E-state index contributed by atoms with van der Waals surface area (Å²) in [6, 6.07) is 14.7. The van der Waals surface area contributed by atoms with Gasteiger partial charge in [0.25, 0.3) is 0 Å². The number of carbonyl (C=O) groups is 2. The molecule has 2 aromatic rings. The summed E-state index contributed by atoms with van der Waals surface area (Å²) in [5, 5.41) is 10.5. The molecule has 0 saturated carbocycles. The number of carbonyl (C=O) groups excluding carboxylic acids is 2. The Morgan fingerprint density at radius 1 is 1.25 bits per heavy atom. The minimum atomic E-state index is -1.12. The molecule has 2 heterocycles. The van der Waals surface area contributed by atoms with Gasteiger partial charge in [-0.05, 0) is 0 Å². The van der Waals surface area contributed by atoms with E-state index in [2.05, 4.69) is 4.99 Å². The topological polar surface area (TPSA) is 102 Å². The number of nitro groups is 1. The number of benzene rings is 2. The van der Waals surface area contributed by atoms with Gasteiger partial charge in [0.05, 0.1) is 0 Å². The molecule has 32 heavy (non-hydrogen) atoms. The molecule has 8 nitrogen and oxygen atoms in total. The van der Waals surface area contributed by atoms with Crippen molar-refractivity contribution < 1.29 is 19.2 Å². The van der Waals surface area contributed by atoms with Crippen LogP contribution in [-0.2, 0) is 20.9 Å². The Balaban J connectivity index is 1.48. The van der Waals surface area contributed by atoms with Gasteiger partial charge in [-0.2, -0.15) is 0 Å². The van der Waals surface area contributed by atoms with E-state index in [9.17, 15) is 19.7 Å². The van der Waals surface area contributed by atoms with Crippen LogP contribution in [-0.4, -0.2) is 66.0 Å². The van der Waals surface area contributed by atoms with E-state index in [1.807, 2.05) is 44.2 Å². The molecule has 0 spiro atoms. The molecule has 3 atom stereocenters. The van der Waals surface area contributed by atoms with Crippen molar-refractivity contribution in [2.24, 2.45) is 4.99 Å². The van der Waals surface area contributed by atoms with Crippen molar-refractivity contribution in [2.45, 2.75) is 40.8 Å². The normalized spacial score (nSPS) is 26.0. The molecular formula is C22H20LiN3O5S. The van der Waals surface area contributed by atoms with E-state index >= 15 is 0 Å². The van der Waals surface area contributed by atoms with Gasteiger partial charge in [-0.3, -0.25) is 0 Å². The summed E-state index contributed by atoms with van der Waals surface area (Å²) in [6.07, 6.45) is 1.54. The number of nitrogens with zero attached hydrogens (tertiary/aromatic N) is 3. The maximum atomic E-state index is 13.1. The molecule has 2 aliphatic rings. The fourth-order valence-electron chi connectivity index (χ4n) is 3.94. The van der Waals surface area contributed by atoms with Gasteiger partial charge in [-0.25, -0.2) is 0 Å². The van der Waals surface area contributed by atoms with Crippen molar-refractivity contribution in [1.29, 1.82) is 0 Å². The first kappa shape index (κ1) is 22.6. The molecule has 0 bridgehead atoms. The zero-order chi connectivity index (χ0) is 23.1. The van der Waals surface area contributed by atoms with E-state index in [1.165, 1.54) is 23.9 Å². The van der Waals surface area contributed by atoms with Crippen LogP contribution in [0.2, 0.25) is 0 Å². The molecular weight excluding hydrogens is 425 g/mol. The van der Waals surface area contributed by atoms with Crippen LogP contribution in [0.1, 0.15) is 25.0 Å². The number of thioether (sulfide) groups is 1. The van der Waals surface area contributed by atoms with Crippen molar-refractivity contribution in [3.63, 3.8) is 0 Å². The molecule has 0 radical (unpaired) electrons. The van der Waals surface area contributed by atoms with E-state index in [-0.39, 0.29) is 23.6 Å². The van der Waals surface area contributed by atoms with Crippen LogP contribution in [0.3, 0.4) is 0 Å². The van der Waals surface area contributed by atoms with E-state index in [4.69, 9.17) is 4.74 Å². The third-order valence-corrected chi connectivity index (χ3v) is 7.88. The molecule has 10 heteroatoms. The molecule has 1 amide bonds. The number of aliphatic imine (C=N–C) groups is 1. The first-order chi connectivity index (χ1) is 15.1. The first-order valence-electron chi connectivity index (χ1n) is 10.1. The SMILES string of the molecule is [Li][C@@]1(C(=O)OCc2ccccc2)N2C(=O)[C@H](N=Cc3ccc([N+](=O)[O-])cc3)[C@H]2SC1(C)C. The zero-order valence-corrected chi connectivity index (χ0v) is 18.7. The van der Waals surface area contributed by atoms with E-state index in [0.717, 1.165) is 5.56 Å². The van der Waals surface area contributed by atoms with Crippen molar-refractivity contribution in [3.05, 3.63) is 75.8 Å². The minimum absolute atomic E-state index is 0.00840. The van der Waals surface area contributed by atoms with Crippen LogP contribution in [0.4, 0.5) is 5.69 Å². The Labute approximate surface area is 198 Å². The van der Waals surface area contributed by atoms with Crippen molar-refractivity contribution in [3.8, 4) is 0 Å². The maximum absolute atomic E-state index is 13.1. The molecule has 0 aromatic heterocycles. The summed E-state index contributed by atoms with van der Waals surface area (Å²) >= 11 is 3.28. The summed E-state index contributed by atoms with van der Waals surface area (Å²) < 4.78 is 3.92. The fourth-order valence-corrected chi connectivity index (χ4v) is 5.69. The average Bonchev–Trinajstić information content (AvgIpc) is 2.96. The molecule has 2 aliphatic heterocycles. The zero-order valence-electron chi connectivity index (χ0n) is 17.9. The predicted molar refractivity (Wildman–Crippen MR) is 122 cm³/mol. The molecule has 2 saturated heterocycles. The Bertz CT molecular complexity index is 1090. The second kappa shape index (κ2) is 8.39. The Hall–Kier alpha value is -2.60. The number of non-ortho nitro benzene ring substituents is 1. The Kier molecular flexibility index (Phi) is 5.92. The van der Waals surface area contributed by atoms with Crippen LogP contribution < -0.4 is 0 Å². The van der Waals surface area contributed by atoms with Gasteiger partial charge >= 0.3 is 199 Å². The van der Waals surface area contributed by atoms with Crippen LogP contribution in [0.5, 0.6) is 0 Å². The fraction of sp³-hybridized carbons (Fsp3) is 0.318. The van der Waals surface area contributed by atoms with E-state index in [0.29, 0.717) is 5.56 Å². The predicted octanol–water partition coefficient (Wildman–Crippen LogP) is 2.68. The number of β-lactam (4-membered cyclic amide) rings is 1. The molecule has 0 aliphatic carbocycles. The molecule has 4 rings (SSSR count). The van der Waals surface area contributed by atoms with Gasteiger partial charge < -0.3 is 0 Å². The number of ether oxygens (including phenoxy) is 1. The van der Waals surface area contributed by atoms with Crippen LogP contribution in [0.15, 0.2) is 59.6 Å². The van der Waals surface area contributed by atoms with Gasteiger partial charge in [-0.1, -0.05) is 0 Å². The van der Waals surface area contributed by atoms with Gasteiger partial charge in [0.1, 0.15) is 0 Å². The van der Waals surface area contributed by atoms with Crippen LogP contribution in [0, 0.1) is 10.1 Å². The van der Waals surface area contributed by atoms with Gasteiger partial charge in [0.15, 0.2) is 0 Å². The van der Waals surface area contributed by atoms with Crippen LogP contribution >= 0.6 is 11.8 Å². The number of hydrogen-bond acceptors (Lipinski definition) is 7. The molecule has 0 N–H and O–H groups in total.